The maximum atomic E-state index is 11.8. The number of carbonyl (C=O) groups excluding carboxylic acids is 4. The zero-order valence-corrected chi connectivity index (χ0v) is 21.9. The number of hydrogen-bond acceptors (Lipinski definition) is 9. The average molecular weight is 489 g/mol. The van der Waals surface area contributed by atoms with E-state index in [1.54, 1.807) is 32.5 Å². The summed E-state index contributed by atoms with van der Waals surface area (Å²) in [6.45, 7) is 12.0. The van der Waals surface area contributed by atoms with Crippen LogP contribution in [0.25, 0.3) is 0 Å². The lowest BCUT2D eigenvalue weighted by Gasteiger charge is -2.25. The van der Waals surface area contributed by atoms with E-state index in [1.807, 2.05) is 6.92 Å². The van der Waals surface area contributed by atoms with Gasteiger partial charge in [0.1, 0.15) is 11.6 Å². The van der Waals surface area contributed by atoms with Crippen LogP contribution in [0, 0.1) is 0 Å². The number of nitrogens with zero attached hydrogens (tertiary/aromatic N) is 2. The largest absolute Gasteiger partial charge is 0.466 e. The number of Topliss-reactive ketones (excluding diaryl/α,β-unsaturated/α-hetero) is 2. The van der Waals surface area contributed by atoms with Gasteiger partial charge in [0, 0.05) is 56.9 Å². The molecule has 0 unspecified atom stereocenters. The predicted molar refractivity (Wildman–Crippen MR) is 133 cm³/mol. The maximum absolute atomic E-state index is 11.8. The highest BCUT2D eigenvalue weighted by Crippen LogP contribution is 2.07. The normalized spacial score (nSPS) is 11.1. The zero-order valence-electron chi connectivity index (χ0n) is 21.1. The van der Waals surface area contributed by atoms with Crippen molar-refractivity contribution >= 4 is 35.3 Å². The van der Waals surface area contributed by atoms with E-state index in [0.29, 0.717) is 65.0 Å². The fraction of sp³-hybridized carbons (Fsp3) is 0.833. The van der Waals surface area contributed by atoms with Crippen LogP contribution in [0.5, 0.6) is 0 Å². The van der Waals surface area contributed by atoms with Gasteiger partial charge in [-0.15, -0.1) is 0 Å². The summed E-state index contributed by atoms with van der Waals surface area (Å²) in [5.74, 6) is 1.73. The fourth-order valence-electron chi connectivity index (χ4n) is 3.13. The molecule has 0 aliphatic heterocycles. The average Bonchev–Trinajstić information content (AvgIpc) is 2.78. The third-order valence-corrected chi connectivity index (χ3v) is 6.04. The molecule has 0 aliphatic carbocycles. The molecule has 9 heteroatoms. The highest BCUT2D eigenvalue weighted by Gasteiger charge is 2.13. The van der Waals surface area contributed by atoms with Crippen molar-refractivity contribution in [3.05, 3.63) is 0 Å². The summed E-state index contributed by atoms with van der Waals surface area (Å²) in [4.78, 5) is 50.7. The lowest BCUT2D eigenvalue weighted by atomic mass is 10.2. The molecule has 0 aromatic rings. The van der Waals surface area contributed by atoms with E-state index in [-0.39, 0.29) is 23.5 Å². The van der Waals surface area contributed by atoms with E-state index < -0.39 is 0 Å². The molecule has 8 nitrogen and oxygen atoms in total. The van der Waals surface area contributed by atoms with Gasteiger partial charge >= 0.3 is 11.9 Å². The number of esters is 2. The van der Waals surface area contributed by atoms with Crippen molar-refractivity contribution in [3.63, 3.8) is 0 Å². The molecule has 0 heterocycles. The van der Waals surface area contributed by atoms with E-state index in [9.17, 15) is 19.2 Å². The van der Waals surface area contributed by atoms with Crippen LogP contribution in [-0.2, 0) is 28.7 Å². The molecule has 0 aliphatic rings. The van der Waals surface area contributed by atoms with Crippen LogP contribution in [0.15, 0.2) is 0 Å². The van der Waals surface area contributed by atoms with Gasteiger partial charge in [-0.05, 0) is 40.3 Å². The number of rotatable bonds is 22. The lowest BCUT2D eigenvalue weighted by molar-refractivity contribution is -0.144. The Balaban J connectivity index is 4.61. The minimum atomic E-state index is -0.222. The highest BCUT2D eigenvalue weighted by molar-refractivity contribution is 7.99. The molecule has 0 N–H and O–H groups in total. The lowest BCUT2D eigenvalue weighted by Crippen LogP contribution is -2.34. The van der Waals surface area contributed by atoms with Crippen LogP contribution >= 0.6 is 11.8 Å². The molecule has 0 bridgehead atoms. The second kappa shape index (κ2) is 21.1. The van der Waals surface area contributed by atoms with E-state index >= 15 is 0 Å². The van der Waals surface area contributed by atoms with Gasteiger partial charge in [0.25, 0.3) is 0 Å². The summed E-state index contributed by atoms with van der Waals surface area (Å²) in [5, 5.41) is 0. The van der Waals surface area contributed by atoms with Crippen LogP contribution in [0.3, 0.4) is 0 Å². The van der Waals surface area contributed by atoms with Crippen LogP contribution < -0.4 is 0 Å². The number of ketones is 2. The van der Waals surface area contributed by atoms with Gasteiger partial charge in [0.05, 0.1) is 26.1 Å². The Morgan fingerprint density at radius 1 is 0.667 bits per heavy atom. The van der Waals surface area contributed by atoms with Crippen molar-refractivity contribution in [2.24, 2.45) is 0 Å². The van der Waals surface area contributed by atoms with Crippen molar-refractivity contribution in [1.82, 2.24) is 9.80 Å². The molecule has 0 aromatic carbocycles. The quantitative estimate of drug-likeness (QED) is 0.168. The van der Waals surface area contributed by atoms with Gasteiger partial charge in [0.2, 0.25) is 0 Å². The third-order valence-electron chi connectivity index (χ3n) is 5.08. The molecule has 0 radical (unpaired) electrons. The van der Waals surface area contributed by atoms with Crippen LogP contribution in [-0.4, -0.2) is 97.3 Å². The van der Waals surface area contributed by atoms with Crippen molar-refractivity contribution in [2.45, 2.75) is 66.2 Å². The molecule has 0 amide bonds. The van der Waals surface area contributed by atoms with Crippen molar-refractivity contribution in [1.29, 1.82) is 0 Å². The van der Waals surface area contributed by atoms with E-state index in [2.05, 4.69) is 9.80 Å². The minimum absolute atomic E-state index is 0.130. The summed E-state index contributed by atoms with van der Waals surface area (Å²) in [6, 6.07) is 0. The minimum Gasteiger partial charge on any atom is -0.466 e. The molecule has 0 rings (SSSR count). The van der Waals surface area contributed by atoms with Crippen LogP contribution in [0.2, 0.25) is 0 Å². The monoisotopic (exact) mass is 488 g/mol. The van der Waals surface area contributed by atoms with Crippen LogP contribution in [0.1, 0.15) is 66.2 Å². The number of hydrogen-bond donors (Lipinski definition) is 0. The third kappa shape index (κ3) is 19.7. The second-order valence-corrected chi connectivity index (χ2v) is 9.08. The van der Waals surface area contributed by atoms with Gasteiger partial charge in [-0.3, -0.25) is 19.2 Å². The Morgan fingerprint density at radius 3 is 1.67 bits per heavy atom. The Morgan fingerprint density at radius 2 is 1.18 bits per heavy atom. The second-order valence-electron chi connectivity index (χ2n) is 7.85. The number of thioether (sulfide) groups is 1. The summed E-state index contributed by atoms with van der Waals surface area (Å²) in [5.41, 5.74) is 0. The van der Waals surface area contributed by atoms with Crippen molar-refractivity contribution in [2.75, 3.05) is 64.0 Å². The van der Waals surface area contributed by atoms with Gasteiger partial charge in [0.15, 0.2) is 0 Å². The van der Waals surface area contributed by atoms with Gasteiger partial charge in [-0.2, -0.15) is 11.8 Å². The molecule has 192 valence electrons. The first-order valence-electron chi connectivity index (χ1n) is 12.2. The molecular weight excluding hydrogens is 444 g/mol. The number of ether oxygens (including phenoxy) is 2. The fourth-order valence-corrected chi connectivity index (χ4v) is 4.09. The van der Waals surface area contributed by atoms with Crippen LogP contribution in [0.4, 0.5) is 0 Å². The Hall–Kier alpha value is -1.45. The van der Waals surface area contributed by atoms with E-state index in [4.69, 9.17) is 9.47 Å². The van der Waals surface area contributed by atoms with E-state index in [0.717, 1.165) is 37.6 Å². The van der Waals surface area contributed by atoms with Crippen molar-refractivity contribution in [3.8, 4) is 0 Å². The molecule has 0 saturated heterocycles. The number of carbonyl (C=O) groups is 4. The first kappa shape index (κ1) is 31.6. The summed E-state index contributed by atoms with van der Waals surface area (Å²) < 4.78 is 10.1. The molecule has 33 heavy (non-hydrogen) atoms. The molecule has 0 aromatic heterocycles. The Kier molecular flexibility index (Phi) is 20.2. The summed E-state index contributed by atoms with van der Waals surface area (Å²) in [7, 11) is 0. The van der Waals surface area contributed by atoms with Gasteiger partial charge in [-0.25, -0.2) is 0 Å². The molecule has 0 fully saturated rings. The maximum Gasteiger partial charge on any atom is 0.307 e. The first-order chi connectivity index (χ1) is 15.8. The molecule has 0 spiro atoms. The predicted octanol–water partition coefficient (Wildman–Crippen LogP) is 2.97. The highest BCUT2D eigenvalue weighted by atomic mass is 32.2. The van der Waals surface area contributed by atoms with Crippen molar-refractivity contribution < 1.29 is 28.7 Å². The molecule has 0 saturated carbocycles. The standard InChI is InChI=1S/C24H44N2O6S/c1-5-22(28)12-19-33-20-18-26(17-11-24(30)32-7-3)14-8-13-25(15-9-21(4)27)16-10-23(29)31-6-2/h5-20H2,1-4H3. The Labute approximate surface area is 204 Å². The Bertz CT molecular complexity index is 573. The van der Waals surface area contributed by atoms with Gasteiger partial charge < -0.3 is 19.3 Å². The SMILES string of the molecule is CCOC(=O)CCN(CCCN(CCC(C)=O)CCC(=O)OCC)CCSCCC(=O)CC. The zero-order chi connectivity index (χ0) is 24.9. The topological polar surface area (TPSA) is 93.2 Å². The molecule has 0 atom stereocenters. The summed E-state index contributed by atoms with van der Waals surface area (Å²) >= 11 is 1.76. The smallest absolute Gasteiger partial charge is 0.307 e. The first-order valence-corrected chi connectivity index (χ1v) is 13.3. The van der Waals surface area contributed by atoms with E-state index in [1.165, 1.54) is 0 Å². The summed E-state index contributed by atoms with van der Waals surface area (Å²) in [6.07, 6.45) is 3.18. The molecular formula is C24H44N2O6S. The van der Waals surface area contributed by atoms with Gasteiger partial charge in [-0.1, -0.05) is 6.92 Å².